The molecule has 35 heavy (non-hydrogen) atoms. The molecule has 2 aliphatic rings. The molecule has 0 radical (unpaired) electrons. The van der Waals surface area contributed by atoms with Gasteiger partial charge in [0.2, 0.25) is 0 Å². The Morgan fingerprint density at radius 2 is 1.91 bits per heavy atom. The van der Waals surface area contributed by atoms with Gasteiger partial charge in [-0.05, 0) is 37.7 Å². The van der Waals surface area contributed by atoms with Gasteiger partial charge in [-0.15, -0.1) is 0 Å². The summed E-state index contributed by atoms with van der Waals surface area (Å²) < 4.78 is 16.4. The molecule has 9 nitrogen and oxygen atoms in total. The minimum absolute atomic E-state index is 0.121. The van der Waals surface area contributed by atoms with Crippen molar-refractivity contribution in [1.29, 1.82) is 0 Å². The number of amides is 2. The largest absolute Gasteiger partial charge is 0.496 e. The molecule has 2 heterocycles. The highest BCUT2D eigenvalue weighted by molar-refractivity contribution is 6.33. The van der Waals surface area contributed by atoms with E-state index in [9.17, 15) is 9.59 Å². The van der Waals surface area contributed by atoms with Crippen LogP contribution in [-0.4, -0.2) is 87.5 Å². The van der Waals surface area contributed by atoms with E-state index in [0.717, 1.165) is 64.8 Å². The molecule has 1 aromatic rings. The number of halogens is 1. The Kier molecular flexibility index (Phi) is 10.3. The fraction of sp³-hybridized carbons (Fsp3) is 0.680. The van der Waals surface area contributed by atoms with Crippen LogP contribution in [0.4, 0.5) is 10.5 Å². The minimum Gasteiger partial charge on any atom is -0.496 e. The highest BCUT2D eigenvalue weighted by Gasteiger charge is 2.33. The molecule has 0 saturated carbocycles. The Hall–Kier alpha value is -2.23. The second-order valence-corrected chi connectivity index (χ2v) is 9.78. The number of nitrogens with two attached hydrogens (primary N) is 1. The van der Waals surface area contributed by atoms with Gasteiger partial charge in [0.25, 0.3) is 5.91 Å². The monoisotopic (exact) mass is 510 g/mol. The van der Waals surface area contributed by atoms with Gasteiger partial charge < -0.3 is 35.1 Å². The van der Waals surface area contributed by atoms with Crippen LogP contribution in [0.2, 0.25) is 5.02 Å². The Morgan fingerprint density at radius 1 is 1.17 bits per heavy atom. The number of hydrogen-bond acceptors (Lipinski definition) is 7. The number of methoxy groups -OCH3 is 2. The summed E-state index contributed by atoms with van der Waals surface area (Å²) >= 11 is 6.13. The summed E-state index contributed by atoms with van der Waals surface area (Å²) in [6.45, 7) is 6.61. The lowest BCUT2D eigenvalue weighted by molar-refractivity contribution is -0.00143. The minimum atomic E-state index is -0.262. The first-order valence-corrected chi connectivity index (χ1v) is 12.8. The van der Waals surface area contributed by atoms with Crippen molar-refractivity contribution in [3.63, 3.8) is 0 Å². The Bertz CT molecular complexity index is 863. The van der Waals surface area contributed by atoms with Crippen LogP contribution in [0.15, 0.2) is 12.1 Å². The highest BCUT2D eigenvalue weighted by Crippen LogP contribution is 2.29. The predicted molar refractivity (Wildman–Crippen MR) is 136 cm³/mol. The number of unbranched alkanes of at least 4 members (excludes halogenated alkanes) is 1. The summed E-state index contributed by atoms with van der Waals surface area (Å²) in [5.41, 5.74) is 6.55. The summed E-state index contributed by atoms with van der Waals surface area (Å²) in [5.74, 6) is 0.651. The molecule has 1 aromatic carbocycles. The number of piperidine rings is 2. The van der Waals surface area contributed by atoms with E-state index in [-0.39, 0.29) is 24.1 Å². The van der Waals surface area contributed by atoms with Gasteiger partial charge in [-0.3, -0.25) is 4.79 Å². The molecule has 3 rings (SSSR count). The fourth-order valence-corrected chi connectivity index (χ4v) is 4.93. The molecule has 0 spiro atoms. The van der Waals surface area contributed by atoms with Crippen LogP contribution in [0, 0.1) is 5.92 Å². The molecule has 3 N–H and O–H groups in total. The van der Waals surface area contributed by atoms with Gasteiger partial charge in [-0.1, -0.05) is 24.9 Å². The number of nitrogens with one attached hydrogen (secondary N) is 1. The molecule has 10 heteroatoms. The fourth-order valence-electron chi connectivity index (χ4n) is 4.77. The molecule has 2 saturated heterocycles. The van der Waals surface area contributed by atoms with Gasteiger partial charge in [-0.25, -0.2) is 4.79 Å². The van der Waals surface area contributed by atoms with Crippen LogP contribution in [0.25, 0.3) is 0 Å². The molecule has 2 fully saturated rings. The maximum absolute atomic E-state index is 13.0. The number of carbonyl (C=O) groups excluding carboxylic acids is 2. The maximum Gasteiger partial charge on any atom is 0.409 e. The van der Waals surface area contributed by atoms with Crippen LogP contribution < -0.4 is 15.8 Å². The van der Waals surface area contributed by atoms with E-state index >= 15 is 0 Å². The van der Waals surface area contributed by atoms with E-state index < -0.39 is 0 Å². The SMILES string of the molecule is CCCCOC(=O)N1CCC(CN2CC[C@H](NC(=O)c3cc(Cl)c(N)cc3OC)[C@H](OC)C2)CC1. The normalized spacial score (nSPS) is 21.5. The number of carbonyl (C=O) groups is 2. The van der Waals surface area contributed by atoms with Crippen LogP contribution in [0.1, 0.15) is 49.4 Å². The smallest absolute Gasteiger partial charge is 0.409 e. The van der Waals surface area contributed by atoms with Crippen LogP contribution in [-0.2, 0) is 9.47 Å². The molecule has 0 unspecified atom stereocenters. The van der Waals surface area contributed by atoms with Gasteiger partial charge in [0.1, 0.15) is 5.75 Å². The first-order valence-electron chi connectivity index (χ1n) is 12.5. The molecule has 2 amide bonds. The van der Waals surface area contributed by atoms with Crippen molar-refractivity contribution in [2.75, 3.05) is 59.3 Å². The van der Waals surface area contributed by atoms with Gasteiger partial charge in [-0.2, -0.15) is 0 Å². The van der Waals surface area contributed by atoms with Gasteiger partial charge in [0.05, 0.1) is 42.1 Å². The summed E-state index contributed by atoms with van der Waals surface area (Å²) in [6.07, 6.45) is 4.31. The van der Waals surface area contributed by atoms with E-state index in [1.807, 2.05) is 4.90 Å². The lowest BCUT2D eigenvalue weighted by atomic mass is 9.94. The Labute approximate surface area is 213 Å². The van der Waals surface area contributed by atoms with Crippen molar-refractivity contribution >= 4 is 29.3 Å². The van der Waals surface area contributed by atoms with Crippen molar-refractivity contribution in [3.05, 3.63) is 22.7 Å². The summed E-state index contributed by atoms with van der Waals surface area (Å²) in [5, 5.41) is 3.41. The van der Waals surface area contributed by atoms with Crippen molar-refractivity contribution in [1.82, 2.24) is 15.1 Å². The molecular weight excluding hydrogens is 472 g/mol. The van der Waals surface area contributed by atoms with Crippen molar-refractivity contribution in [3.8, 4) is 5.75 Å². The maximum atomic E-state index is 13.0. The van der Waals surface area contributed by atoms with E-state index in [1.165, 1.54) is 13.2 Å². The number of anilines is 1. The van der Waals surface area contributed by atoms with E-state index in [4.69, 9.17) is 31.5 Å². The third-order valence-electron chi connectivity index (χ3n) is 6.94. The predicted octanol–water partition coefficient (Wildman–Crippen LogP) is 3.40. The molecule has 196 valence electrons. The third kappa shape index (κ3) is 7.38. The van der Waals surface area contributed by atoms with Crippen molar-refractivity contribution in [2.24, 2.45) is 5.92 Å². The van der Waals surface area contributed by atoms with Gasteiger partial charge >= 0.3 is 6.09 Å². The Morgan fingerprint density at radius 3 is 2.57 bits per heavy atom. The number of hydrogen-bond donors (Lipinski definition) is 2. The number of nitrogen functional groups attached to an aromatic ring is 1. The van der Waals surface area contributed by atoms with E-state index in [1.54, 1.807) is 13.2 Å². The van der Waals surface area contributed by atoms with Crippen LogP contribution in [0.5, 0.6) is 5.75 Å². The molecule has 2 atom stereocenters. The first-order chi connectivity index (χ1) is 16.9. The number of likely N-dealkylation sites (tertiary alicyclic amines) is 2. The lowest BCUT2D eigenvalue weighted by Crippen LogP contribution is -2.55. The summed E-state index contributed by atoms with van der Waals surface area (Å²) in [7, 11) is 3.17. The molecule has 0 aliphatic carbocycles. The zero-order valence-corrected chi connectivity index (χ0v) is 21.8. The number of rotatable bonds is 9. The zero-order valence-electron chi connectivity index (χ0n) is 21.1. The van der Waals surface area contributed by atoms with Crippen LogP contribution >= 0.6 is 11.6 Å². The second-order valence-electron chi connectivity index (χ2n) is 9.37. The summed E-state index contributed by atoms with van der Waals surface area (Å²) in [4.78, 5) is 29.4. The Balaban J connectivity index is 1.48. The first kappa shape index (κ1) is 27.4. The standard InChI is InChI=1S/C25H39ClN4O5/c1-4-5-12-35-25(32)30-10-6-17(7-11-30)15-29-9-8-21(23(16-29)34-3)28-24(31)18-13-19(26)20(27)14-22(18)33-2/h13-14,17,21,23H,4-12,15-16,27H2,1-3H3,(H,28,31)/t21-,23+/m0/s1. The van der Waals surface area contributed by atoms with E-state index in [0.29, 0.717) is 34.5 Å². The topological polar surface area (TPSA) is 106 Å². The zero-order chi connectivity index (χ0) is 25.4. The molecule has 0 aromatic heterocycles. The second kappa shape index (κ2) is 13.2. The molecule has 0 bridgehead atoms. The van der Waals surface area contributed by atoms with Gasteiger partial charge in [0, 0.05) is 45.9 Å². The number of ether oxygens (including phenoxy) is 3. The van der Waals surface area contributed by atoms with E-state index in [2.05, 4.69) is 17.1 Å². The van der Waals surface area contributed by atoms with Crippen molar-refractivity contribution in [2.45, 2.75) is 51.2 Å². The summed E-state index contributed by atoms with van der Waals surface area (Å²) in [6, 6.07) is 2.97. The number of nitrogens with zero attached hydrogens (tertiary/aromatic N) is 2. The van der Waals surface area contributed by atoms with Crippen molar-refractivity contribution < 1.29 is 23.8 Å². The molecular formula is C25H39ClN4O5. The average Bonchev–Trinajstić information content (AvgIpc) is 2.86. The third-order valence-corrected chi connectivity index (χ3v) is 7.27. The van der Waals surface area contributed by atoms with Crippen LogP contribution in [0.3, 0.4) is 0 Å². The number of benzene rings is 1. The highest BCUT2D eigenvalue weighted by atomic mass is 35.5. The lowest BCUT2D eigenvalue weighted by Gasteiger charge is -2.40. The quantitative estimate of drug-likeness (QED) is 0.387. The molecule has 2 aliphatic heterocycles. The van der Waals surface area contributed by atoms with Gasteiger partial charge in [0.15, 0.2) is 0 Å². The average molecular weight is 511 g/mol.